The molecule has 5 nitrogen and oxygen atoms in total. The molecule has 1 fully saturated rings. The topological polar surface area (TPSA) is 89.3 Å². The molecule has 0 radical (unpaired) electrons. The summed E-state index contributed by atoms with van der Waals surface area (Å²) in [6, 6.07) is 4.58. The largest absolute Gasteiger partial charge is 0.349 e. The van der Waals surface area contributed by atoms with Crippen molar-refractivity contribution in [2.75, 3.05) is 0 Å². The molecular formula is C14H20N2O3S. The van der Waals surface area contributed by atoms with E-state index in [1.165, 1.54) is 18.2 Å². The van der Waals surface area contributed by atoms with Crippen LogP contribution in [-0.2, 0) is 10.0 Å². The molecule has 0 aromatic heterocycles. The second-order valence-corrected chi connectivity index (χ2v) is 6.95. The van der Waals surface area contributed by atoms with Crippen molar-refractivity contribution in [1.29, 1.82) is 0 Å². The standard InChI is InChI=1S/C14H20N2O3S/c1-3-4-10-8-13(10)16-14(17)12-6-5-11(7-9(12)2)20(15,18)19/h5-7,10,13H,3-4,8H2,1-2H3,(H,16,17)(H2,15,18,19). The van der Waals surface area contributed by atoms with Crippen LogP contribution in [0.3, 0.4) is 0 Å². The molecule has 1 aliphatic carbocycles. The summed E-state index contributed by atoms with van der Waals surface area (Å²) in [4.78, 5) is 12.2. The van der Waals surface area contributed by atoms with Gasteiger partial charge in [0, 0.05) is 11.6 Å². The zero-order chi connectivity index (χ0) is 14.9. The highest BCUT2D eigenvalue weighted by molar-refractivity contribution is 7.89. The Kier molecular flexibility index (Phi) is 4.15. The van der Waals surface area contributed by atoms with Crippen molar-refractivity contribution in [2.24, 2.45) is 11.1 Å². The minimum Gasteiger partial charge on any atom is -0.349 e. The van der Waals surface area contributed by atoms with Gasteiger partial charge in [0.15, 0.2) is 0 Å². The normalized spacial score (nSPS) is 21.6. The molecule has 0 spiro atoms. The maximum atomic E-state index is 12.1. The SMILES string of the molecule is CCCC1CC1NC(=O)c1ccc(S(N)(=O)=O)cc1C. The molecule has 2 rings (SSSR count). The summed E-state index contributed by atoms with van der Waals surface area (Å²) >= 11 is 0. The van der Waals surface area contributed by atoms with E-state index in [2.05, 4.69) is 12.2 Å². The van der Waals surface area contributed by atoms with Gasteiger partial charge in [0.25, 0.3) is 5.91 Å². The molecule has 2 unspecified atom stereocenters. The zero-order valence-corrected chi connectivity index (χ0v) is 12.5. The van der Waals surface area contributed by atoms with E-state index < -0.39 is 10.0 Å². The predicted molar refractivity (Wildman–Crippen MR) is 76.8 cm³/mol. The van der Waals surface area contributed by atoms with E-state index in [1.54, 1.807) is 6.92 Å². The quantitative estimate of drug-likeness (QED) is 0.864. The first-order valence-corrected chi connectivity index (χ1v) is 8.32. The van der Waals surface area contributed by atoms with Crippen LogP contribution in [0.4, 0.5) is 0 Å². The van der Waals surface area contributed by atoms with E-state index >= 15 is 0 Å². The molecule has 20 heavy (non-hydrogen) atoms. The Morgan fingerprint density at radius 2 is 2.15 bits per heavy atom. The lowest BCUT2D eigenvalue weighted by Gasteiger charge is -2.08. The Morgan fingerprint density at radius 3 is 2.70 bits per heavy atom. The lowest BCUT2D eigenvalue weighted by Crippen LogP contribution is -2.27. The van der Waals surface area contributed by atoms with Gasteiger partial charge in [-0.15, -0.1) is 0 Å². The Morgan fingerprint density at radius 1 is 1.45 bits per heavy atom. The van der Waals surface area contributed by atoms with E-state index in [0.717, 1.165) is 19.3 Å². The molecule has 110 valence electrons. The summed E-state index contributed by atoms with van der Waals surface area (Å²) in [5, 5.41) is 8.05. The number of hydrogen-bond donors (Lipinski definition) is 2. The fourth-order valence-corrected chi connectivity index (χ4v) is 3.03. The van der Waals surface area contributed by atoms with Crippen molar-refractivity contribution < 1.29 is 13.2 Å². The monoisotopic (exact) mass is 296 g/mol. The number of primary sulfonamides is 1. The fourth-order valence-electron chi connectivity index (χ4n) is 2.43. The summed E-state index contributed by atoms with van der Waals surface area (Å²) in [5.74, 6) is 0.444. The average Bonchev–Trinajstić information content (AvgIpc) is 3.06. The van der Waals surface area contributed by atoms with E-state index in [0.29, 0.717) is 17.0 Å². The van der Waals surface area contributed by atoms with Crippen molar-refractivity contribution in [1.82, 2.24) is 5.32 Å². The summed E-state index contributed by atoms with van der Waals surface area (Å²) in [6.45, 7) is 3.84. The van der Waals surface area contributed by atoms with Gasteiger partial charge in [0.05, 0.1) is 4.90 Å². The molecule has 0 heterocycles. The van der Waals surface area contributed by atoms with E-state index in [-0.39, 0.29) is 16.8 Å². The Bertz CT molecular complexity index is 625. The van der Waals surface area contributed by atoms with Crippen LogP contribution in [0.15, 0.2) is 23.1 Å². The van der Waals surface area contributed by atoms with Gasteiger partial charge in [0.1, 0.15) is 0 Å². The third kappa shape index (κ3) is 3.37. The minimum atomic E-state index is -3.73. The zero-order valence-electron chi connectivity index (χ0n) is 11.7. The third-order valence-electron chi connectivity index (χ3n) is 3.67. The number of benzene rings is 1. The molecule has 1 saturated carbocycles. The third-order valence-corrected chi connectivity index (χ3v) is 4.58. The number of sulfonamides is 1. The van der Waals surface area contributed by atoms with Gasteiger partial charge >= 0.3 is 0 Å². The Labute approximate surface area is 119 Å². The van der Waals surface area contributed by atoms with Crippen molar-refractivity contribution in [3.8, 4) is 0 Å². The predicted octanol–water partition coefficient (Wildman–Crippen LogP) is 1.56. The fraction of sp³-hybridized carbons (Fsp3) is 0.500. The molecular weight excluding hydrogens is 276 g/mol. The van der Waals surface area contributed by atoms with Crippen LogP contribution < -0.4 is 10.5 Å². The first kappa shape index (κ1) is 15.0. The van der Waals surface area contributed by atoms with Crippen LogP contribution in [0.5, 0.6) is 0 Å². The molecule has 1 aromatic rings. The van der Waals surface area contributed by atoms with Crippen molar-refractivity contribution in [2.45, 2.75) is 44.0 Å². The van der Waals surface area contributed by atoms with E-state index in [4.69, 9.17) is 5.14 Å². The average molecular weight is 296 g/mol. The van der Waals surface area contributed by atoms with Crippen LogP contribution in [0.2, 0.25) is 0 Å². The number of amides is 1. The number of aryl methyl sites for hydroxylation is 1. The van der Waals surface area contributed by atoms with Crippen molar-refractivity contribution >= 4 is 15.9 Å². The van der Waals surface area contributed by atoms with E-state index in [9.17, 15) is 13.2 Å². The molecule has 6 heteroatoms. The van der Waals surface area contributed by atoms with Crippen LogP contribution >= 0.6 is 0 Å². The Hall–Kier alpha value is -1.40. The maximum absolute atomic E-state index is 12.1. The molecule has 2 atom stereocenters. The summed E-state index contributed by atoms with van der Waals surface area (Å²) in [7, 11) is -3.73. The number of nitrogens with two attached hydrogens (primary N) is 1. The van der Waals surface area contributed by atoms with Crippen LogP contribution in [0.1, 0.15) is 42.1 Å². The highest BCUT2D eigenvalue weighted by atomic mass is 32.2. The summed E-state index contributed by atoms with van der Waals surface area (Å²) < 4.78 is 22.5. The molecule has 3 N–H and O–H groups in total. The van der Waals surface area contributed by atoms with Gasteiger partial charge < -0.3 is 5.32 Å². The number of rotatable bonds is 5. The van der Waals surface area contributed by atoms with Crippen LogP contribution in [0, 0.1) is 12.8 Å². The van der Waals surface area contributed by atoms with Crippen LogP contribution in [0.25, 0.3) is 0 Å². The molecule has 1 aromatic carbocycles. The smallest absolute Gasteiger partial charge is 0.251 e. The van der Waals surface area contributed by atoms with Gasteiger partial charge in [-0.2, -0.15) is 0 Å². The number of carbonyl (C=O) groups excluding carboxylic acids is 1. The second kappa shape index (κ2) is 5.54. The van der Waals surface area contributed by atoms with E-state index in [1.807, 2.05) is 0 Å². The molecule has 0 saturated heterocycles. The molecule has 0 aliphatic heterocycles. The highest BCUT2D eigenvalue weighted by Crippen LogP contribution is 2.34. The molecule has 1 aliphatic rings. The highest BCUT2D eigenvalue weighted by Gasteiger charge is 2.37. The summed E-state index contributed by atoms with van der Waals surface area (Å²) in [5.41, 5.74) is 1.11. The first-order chi connectivity index (χ1) is 9.32. The van der Waals surface area contributed by atoms with Gasteiger partial charge in [-0.05, 0) is 49.4 Å². The summed E-state index contributed by atoms with van der Waals surface area (Å²) in [6.07, 6.45) is 3.29. The Balaban J connectivity index is 2.08. The molecule has 0 bridgehead atoms. The number of hydrogen-bond acceptors (Lipinski definition) is 3. The lowest BCUT2D eigenvalue weighted by atomic mass is 10.1. The van der Waals surface area contributed by atoms with Crippen molar-refractivity contribution in [3.63, 3.8) is 0 Å². The van der Waals surface area contributed by atoms with Crippen LogP contribution in [-0.4, -0.2) is 20.4 Å². The second-order valence-electron chi connectivity index (χ2n) is 5.39. The van der Waals surface area contributed by atoms with Crippen molar-refractivity contribution in [3.05, 3.63) is 29.3 Å². The van der Waals surface area contributed by atoms with Gasteiger partial charge in [-0.3, -0.25) is 4.79 Å². The number of nitrogens with one attached hydrogen (secondary N) is 1. The van der Waals surface area contributed by atoms with Gasteiger partial charge in [-0.1, -0.05) is 13.3 Å². The van der Waals surface area contributed by atoms with Gasteiger partial charge in [0.2, 0.25) is 10.0 Å². The maximum Gasteiger partial charge on any atom is 0.251 e. The van der Waals surface area contributed by atoms with Gasteiger partial charge in [-0.25, -0.2) is 13.6 Å². The first-order valence-electron chi connectivity index (χ1n) is 6.77. The molecule has 1 amide bonds. The minimum absolute atomic E-state index is 0.0295. The lowest BCUT2D eigenvalue weighted by molar-refractivity contribution is 0.0948. The number of carbonyl (C=O) groups is 1.